The Morgan fingerprint density at radius 2 is 1.81 bits per heavy atom. The lowest BCUT2D eigenvalue weighted by atomic mass is 10.1. The highest BCUT2D eigenvalue weighted by molar-refractivity contribution is 9.10. The molecule has 0 heterocycles. The van der Waals surface area contributed by atoms with Gasteiger partial charge in [0.05, 0.1) is 0 Å². The largest absolute Gasteiger partial charge is 0.486 e. The van der Waals surface area contributed by atoms with Crippen molar-refractivity contribution in [2.24, 2.45) is 0 Å². The van der Waals surface area contributed by atoms with Crippen molar-refractivity contribution in [1.82, 2.24) is 5.32 Å². The first kappa shape index (κ1) is 16.0. The smallest absolute Gasteiger partial charge is 0.165 e. The van der Waals surface area contributed by atoms with Crippen molar-refractivity contribution in [3.8, 4) is 5.75 Å². The molecule has 2 nitrogen and oxygen atoms in total. The van der Waals surface area contributed by atoms with Crippen LogP contribution in [0.15, 0.2) is 46.9 Å². The van der Waals surface area contributed by atoms with Gasteiger partial charge in [-0.15, -0.1) is 0 Å². The summed E-state index contributed by atoms with van der Waals surface area (Å²) in [4.78, 5) is 0. The van der Waals surface area contributed by atoms with Gasteiger partial charge in [-0.2, -0.15) is 0 Å². The highest BCUT2D eigenvalue weighted by atomic mass is 79.9. The first-order valence-corrected chi connectivity index (χ1v) is 7.84. The van der Waals surface area contributed by atoms with E-state index >= 15 is 0 Å². The number of rotatable bonds is 7. The topological polar surface area (TPSA) is 21.3 Å². The Bertz CT molecular complexity index is 572. The van der Waals surface area contributed by atoms with Crippen molar-refractivity contribution in [3.63, 3.8) is 0 Å². The van der Waals surface area contributed by atoms with Gasteiger partial charge in [-0.1, -0.05) is 47.1 Å². The Kier molecular flexibility index (Phi) is 6.21. The van der Waals surface area contributed by atoms with Crippen molar-refractivity contribution in [2.75, 3.05) is 13.1 Å². The minimum Gasteiger partial charge on any atom is -0.486 e. The lowest BCUT2D eigenvalue weighted by Crippen LogP contribution is -2.15. The van der Waals surface area contributed by atoms with E-state index in [0.717, 1.165) is 29.5 Å². The molecular weight excluding hydrogens is 333 g/mol. The van der Waals surface area contributed by atoms with Gasteiger partial charge >= 0.3 is 0 Å². The molecule has 0 saturated carbocycles. The van der Waals surface area contributed by atoms with Crippen LogP contribution in [0.3, 0.4) is 0 Å². The van der Waals surface area contributed by atoms with E-state index < -0.39 is 0 Å². The minimum atomic E-state index is -0.347. The van der Waals surface area contributed by atoms with Crippen LogP contribution in [0.4, 0.5) is 4.39 Å². The highest BCUT2D eigenvalue weighted by Crippen LogP contribution is 2.23. The van der Waals surface area contributed by atoms with E-state index in [1.54, 1.807) is 12.1 Å². The van der Waals surface area contributed by atoms with E-state index in [9.17, 15) is 4.39 Å². The normalized spacial score (nSPS) is 10.6. The molecule has 0 amide bonds. The van der Waals surface area contributed by atoms with E-state index in [1.165, 1.54) is 11.6 Å². The number of hydrogen-bond acceptors (Lipinski definition) is 2. The first-order valence-electron chi connectivity index (χ1n) is 7.05. The van der Waals surface area contributed by atoms with Crippen molar-refractivity contribution >= 4 is 15.9 Å². The van der Waals surface area contributed by atoms with Crippen molar-refractivity contribution in [3.05, 3.63) is 63.9 Å². The molecule has 0 aromatic heterocycles. The molecule has 0 aliphatic heterocycles. The molecule has 1 N–H and O–H groups in total. The average Bonchev–Trinajstić information content (AvgIpc) is 2.50. The van der Waals surface area contributed by atoms with Crippen LogP contribution in [0, 0.1) is 5.82 Å². The number of hydrogen-bond donors (Lipinski definition) is 1. The Hall–Kier alpha value is -1.39. The van der Waals surface area contributed by atoms with Crippen LogP contribution >= 0.6 is 15.9 Å². The van der Waals surface area contributed by atoms with Crippen LogP contribution in [0.1, 0.15) is 18.1 Å². The van der Waals surface area contributed by atoms with Gasteiger partial charge in [0.15, 0.2) is 11.6 Å². The van der Waals surface area contributed by atoms with E-state index in [4.69, 9.17) is 4.74 Å². The zero-order valence-electron chi connectivity index (χ0n) is 12.0. The van der Waals surface area contributed by atoms with Gasteiger partial charge < -0.3 is 10.1 Å². The SMILES string of the molecule is CCNCCc1ccc(COc2cc(Br)ccc2F)cc1. The summed E-state index contributed by atoms with van der Waals surface area (Å²) in [6, 6.07) is 12.9. The molecule has 2 aromatic carbocycles. The summed E-state index contributed by atoms with van der Waals surface area (Å²) in [7, 11) is 0. The molecule has 0 unspecified atom stereocenters. The molecule has 0 saturated heterocycles. The average molecular weight is 352 g/mol. The third kappa shape index (κ3) is 5.14. The molecule has 2 aromatic rings. The Morgan fingerprint density at radius 3 is 2.52 bits per heavy atom. The minimum absolute atomic E-state index is 0.264. The lowest BCUT2D eigenvalue weighted by molar-refractivity contribution is 0.290. The second-order valence-corrected chi connectivity index (χ2v) is 5.70. The number of nitrogens with one attached hydrogen (secondary N) is 1. The standard InChI is InChI=1S/C17H19BrFNO/c1-2-20-10-9-13-3-5-14(6-4-13)12-21-17-11-15(18)7-8-16(17)19/h3-8,11,20H,2,9-10,12H2,1H3. The summed E-state index contributed by atoms with van der Waals surface area (Å²) in [6.07, 6.45) is 1.01. The highest BCUT2D eigenvalue weighted by Gasteiger charge is 2.04. The summed E-state index contributed by atoms with van der Waals surface area (Å²) < 4.78 is 19.9. The summed E-state index contributed by atoms with van der Waals surface area (Å²) in [5.74, 6) is -0.0824. The molecule has 0 atom stereocenters. The molecule has 21 heavy (non-hydrogen) atoms. The number of ether oxygens (including phenoxy) is 1. The maximum Gasteiger partial charge on any atom is 0.165 e. The molecule has 0 spiro atoms. The second-order valence-electron chi connectivity index (χ2n) is 4.78. The van der Waals surface area contributed by atoms with Crippen LogP contribution < -0.4 is 10.1 Å². The fraction of sp³-hybridized carbons (Fsp3) is 0.294. The second kappa shape index (κ2) is 8.15. The summed E-state index contributed by atoms with van der Waals surface area (Å²) >= 11 is 3.31. The van der Waals surface area contributed by atoms with E-state index in [1.807, 2.05) is 12.1 Å². The predicted molar refractivity (Wildman–Crippen MR) is 87.1 cm³/mol. The Balaban J connectivity index is 1.90. The number of halogens is 2. The maximum atomic E-state index is 13.6. The summed E-state index contributed by atoms with van der Waals surface area (Å²) in [5, 5.41) is 3.30. The van der Waals surface area contributed by atoms with Gasteiger partial charge in [0, 0.05) is 4.47 Å². The molecule has 0 aliphatic carbocycles. The monoisotopic (exact) mass is 351 g/mol. The maximum absolute atomic E-state index is 13.6. The van der Waals surface area contributed by atoms with Gasteiger partial charge in [-0.25, -0.2) is 4.39 Å². The fourth-order valence-corrected chi connectivity index (χ4v) is 2.30. The third-order valence-corrected chi connectivity index (χ3v) is 3.64. The zero-order valence-corrected chi connectivity index (χ0v) is 13.6. The quantitative estimate of drug-likeness (QED) is 0.750. The summed E-state index contributed by atoms with van der Waals surface area (Å²) in [6.45, 7) is 4.43. The molecule has 2 rings (SSSR count). The van der Waals surface area contributed by atoms with Crippen LogP contribution in [0.5, 0.6) is 5.75 Å². The predicted octanol–water partition coefficient (Wildman–Crippen LogP) is 4.32. The van der Waals surface area contributed by atoms with Gasteiger partial charge in [0.2, 0.25) is 0 Å². The molecule has 0 radical (unpaired) electrons. The van der Waals surface area contributed by atoms with Crippen molar-refractivity contribution in [2.45, 2.75) is 20.0 Å². The number of likely N-dealkylation sites (N-methyl/N-ethyl adjacent to an activating group) is 1. The van der Waals surface area contributed by atoms with Gasteiger partial charge in [0.25, 0.3) is 0 Å². The molecule has 112 valence electrons. The zero-order chi connectivity index (χ0) is 15.1. The lowest BCUT2D eigenvalue weighted by Gasteiger charge is -2.09. The summed E-state index contributed by atoms with van der Waals surface area (Å²) in [5.41, 5.74) is 2.31. The van der Waals surface area contributed by atoms with E-state index in [0.29, 0.717) is 6.61 Å². The van der Waals surface area contributed by atoms with Crippen LogP contribution in [-0.4, -0.2) is 13.1 Å². The van der Waals surface area contributed by atoms with Gasteiger partial charge in [-0.05, 0) is 48.8 Å². The fourth-order valence-electron chi connectivity index (χ4n) is 1.96. The van der Waals surface area contributed by atoms with E-state index in [2.05, 4.69) is 40.3 Å². The van der Waals surface area contributed by atoms with Crippen LogP contribution in [0.25, 0.3) is 0 Å². The van der Waals surface area contributed by atoms with Crippen LogP contribution in [0.2, 0.25) is 0 Å². The van der Waals surface area contributed by atoms with Crippen molar-refractivity contribution < 1.29 is 9.13 Å². The van der Waals surface area contributed by atoms with Crippen LogP contribution in [-0.2, 0) is 13.0 Å². The van der Waals surface area contributed by atoms with Crippen molar-refractivity contribution in [1.29, 1.82) is 0 Å². The Labute approximate surface area is 133 Å². The number of benzene rings is 2. The molecule has 0 aliphatic rings. The Morgan fingerprint density at radius 1 is 1.10 bits per heavy atom. The molecule has 4 heteroatoms. The third-order valence-electron chi connectivity index (χ3n) is 3.15. The molecule has 0 bridgehead atoms. The molecular formula is C17H19BrFNO. The van der Waals surface area contributed by atoms with Gasteiger partial charge in [-0.3, -0.25) is 0 Å². The van der Waals surface area contributed by atoms with E-state index in [-0.39, 0.29) is 11.6 Å². The molecule has 0 fully saturated rings. The van der Waals surface area contributed by atoms with Gasteiger partial charge in [0.1, 0.15) is 6.61 Å². The first-order chi connectivity index (χ1) is 10.2.